The molecular formula is C24H32N2O2S. The minimum Gasteiger partial charge on any atom is -0.354 e. The number of rotatable bonds is 11. The van der Waals surface area contributed by atoms with E-state index in [2.05, 4.69) is 17.4 Å². The Bertz CT molecular complexity index is 779. The highest BCUT2D eigenvalue weighted by Gasteiger charge is 2.28. The molecule has 0 bridgehead atoms. The molecule has 0 aliphatic heterocycles. The first-order valence-electron chi connectivity index (χ1n) is 10.3. The van der Waals surface area contributed by atoms with E-state index in [1.807, 2.05) is 63.2 Å². The summed E-state index contributed by atoms with van der Waals surface area (Å²) in [4.78, 5) is 27.6. The molecule has 1 N–H and O–H groups in total. The number of nitrogens with one attached hydrogen (secondary N) is 1. The molecule has 0 heterocycles. The van der Waals surface area contributed by atoms with E-state index in [9.17, 15) is 9.59 Å². The predicted molar refractivity (Wildman–Crippen MR) is 122 cm³/mol. The molecule has 0 radical (unpaired) electrons. The summed E-state index contributed by atoms with van der Waals surface area (Å²) in [6.07, 6.45) is 1.47. The van der Waals surface area contributed by atoms with Crippen LogP contribution in [-0.4, -0.2) is 35.1 Å². The maximum atomic E-state index is 13.2. The van der Waals surface area contributed by atoms with E-state index >= 15 is 0 Å². The van der Waals surface area contributed by atoms with Gasteiger partial charge >= 0.3 is 0 Å². The molecule has 0 aliphatic carbocycles. The summed E-state index contributed by atoms with van der Waals surface area (Å²) in [5.74, 6) is 1.08. The topological polar surface area (TPSA) is 49.4 Å². The molecule has 29 heavy (non-hydrogen) atoms. The zero-order chi connectivity index (χ0) is 21.1. The molecule has 0 spiro atoms. The van der Waals surface area contributed by atoms with Gasteiger partial charge in [-0.15, -0.1) is 11.8 Å². The van der Waals surface area contributed by atoms with Crippen molar-refractivity contribution in [1.82, 2.24) is 10.2 Å². The van der Waals surface area contributed by atoms with Crippen molar-refractivity contribution < 1.29 is 9.59 Å². The van der Waals surface area contributed by atoms with Crippen LogP contribution in [0.15, 0.2) is 54.6 Å². The van der Waals surface area contributed by atoms with Crippen molar-refractivity contribution in [1.29, 1.82) is 0 Å². The Morgan fingerprint density at radius 2 is 1.72 bits per heavy atom. The number of amides is 2. The highest BCUT2D eigenvalue weighted by molar-refractivity contribution is 7.99. The summed E-state index contributed by atoms with van der Waals surface area (Å²) >= 11 is 1.59. The molecule has 2 amide bonds. The van der Waals surface area contributed by atoms with Crippen LogP contribution >= 0.6 is 11.8 Å². The van der Waals surface area contributed by atoms with Gasteiger partial charge in [-0.3, -0.25) is 9.59 Å². The summed E-state index contributed by atoms with van der Waals surface area (Å²) in [5.41, 5.74) is 3.41. The molecular weight excluding hydrogens is 380 g/mol. The van der Waals surface area contributed by atoms with Crippen LogP contribution in [0.3, 0.4) is 0 Å². The largest absolute Gasteiger partial charge is 0.354 e. The first kappa shape index (κ1) is 23.0. The van der Waals surface area contributed by atoms with Crippen LogP contribution in [0.1, 0.15) is 43.4 Å². The maximum absolute atomic E-state index is 13.2. The van der Waals surface area contributed by atoms with Crippen molar-refractivity contribution in [3.8, 4) is 0 Å². The van der Waals surface area contributed by atoms with Gasteiger partial charge in [0.1, 0.15) is 6.04 Å². The van der Waals surface area contributed by atoms with Crippen LogP contribution in [0, 0.1) is 6.92 Å². The average Bonchev–Trinajstić information content (AvgIpc) is 2.74. The fourth-order valence-corrected chi connectivity index (χ4v) is 4.04. The summed E-state index contributed by atoms with van der Waals surface area (Å²) in [6, 6.07) is 17.7. The molecule has 2 aromatic carbocycles. The van der Waals surface area contributed by atoms with Crippen molar-refractivity contribution in [2.24, 2.45) is 0 Å². The smallest absolute Gasteiger partial charge is 0.242 e. The third kappa shape index (κ3) is 7.24. The van der Waals surface area contributed by atoms with Gasteiger partial charge in [-0.1, -0.05) is 68.4 Å². The second-order valence-electron chi connectivity index (χ2n) is 7.14. The Hall–Kier alpha value is -2.27. The van der Waals surface area contributed by atoms with E-state index in [1.165, 1.54) is 5.56 Å². The Labute approximate surface area is 179 Å². The van der Waals surface area contributed by atoms with E-state index in [0.717, 1.165) is 23.3 Å². The minimum absolute atomic E-state index is 0.00711. The normalized spacial score (nSPS) is 11.7. The number of hydrogen-bond donors (Lipinski definition) is 1. The number of hydrogen-bond acceptors (Lipinski definition) is 3. The Kier molecular flexibility index (Phi) is 9.78. The number of nitrogens with zero attached hydrogens (tertiary/aromatic N) is 1. The van der Waals surface area contributed by atoms with Gasteiger partial charge in [0, 0.05) is 18.8 Å². The molecule has 2 rings (SSSR count). The van der Waals surface area contributed by atoms with Gasteiger partial charge in [0.05, 0.1) is 5.75 Å². The Morgan fingerprint density at radius 1 is 1.03 bits per heavy atom. The fraction of sp³-hybridized carbons (Fsp3) is 0.417. The molecule has 0 aromatic heterocycles. The van der Waals surface area contributed by atoms with E-state index in [-0.39, 0.29) is 11.8 Å². The zero-order valence-corrected chi connectivity index (χ0v) is 18.5. The van der Waals surface area contributed by atoms with Crippen molar-refractivity contribution in [3.05, 3.63) is 71.3 Å². The number of carbonyl (C=O) groups excluding carboxylic acids is 2. The molecule has 156 valence electrons. The van der Waals surface area contributed by atoms with Crippen molar-refractivity contribution >= 4 is 23.6 Å². The first-order chi connectivity index (χ1) is 14.1. The van der Waals surface area contributed by atoms with Crippen LogP contribution in [0.25, 0.3) is 0 Å². The van der Waals surface area contributed by atoms with Crippen LogP contribution in [0.2, 0.25) is 0 Å². The van der Waals surface area contributed by atoms with Gasteiger partial charge < -0.3 is 10.2 Å². The van der Waals surface area contributed by atoms with Crippen molar-refractivity contribution in [2.45, 2.75) is 52.0 Å². The number of benzene rings is 2. The van der Waals surface area contributed by atoms with Crippen molar-refractivity contribution in [3.63, 3.8) is 0 Å². The average molecular weight is 413 g/mol. The predicted octanol–water partition coefficient (Wildman–Crippen LogP) is 4.56. The summed E-state index contributed by atoms with van der Waals surface area (Å²) in [7, 11) is 0. The van der Waals surface area contributed by atoms with E-state index in [0.29, 0.717) is 25.3 Å². The van der Waals surface area contributed by atoms with Gasteiger partial charge in [0.15, 0.2) is 0 Å². The molecule has 2 aromatic rings. The minimum atomic E-state index is -0.453. The van der Waals surface area contributed by atoms with Gasteiger partial charge in [0.2, 0.25) is 11.8 Å². The van der Waals surface area contributed by atoms with Gasteiger partial charge in [-0.2, -0.15) is 0 Å². The van der Waals surface area contributed by atoms with E-state index in [1.54, 1.807) is 16.7 Å². The highest BCUT2D eigenvalue weighted by Crippen LogP contribution is 2.18. The maximum Gasteiger partial charge on any atom is 0.242 e. The summed E-state index contributed by atoms with van der Waals surface area (Å²) in [6.45, 7) is 7.11. The summed E-state index contributed by atoms with van der Waals surface area (Å²) < 4.78 is 0. The van der Waals surface area contributed by atoms with Crippen LogP contribution in [-0.2, 0) is 21.9 Å². The molecule has 0 saturated carbocycles. The zero-order valence-electron chi connectivity index (χ0n) is 17.7. The molecule has 0 saturated heterocycles. The lowest BCUT2D eigenvalue weighted by Gasteiger charge is -2.31. The number of carbonyl (C=O) groups is 2. The molecule has 4 nitrogen and oxygen atoms in total. The third-order valence-electron chi connectivity index (χ3n) is 4.87. The Balaban J connectivity index is 2.12. The molecule has 0 fully saturated rings. The monoisotopic (exact) mass is 412 g/mol. The van der Waals surface area contributed by atoms with Gasteiger partial charge in [-0.25, -0.2) is 0 Å². The van der Waals surface area contributed by atoms with Gasteiger partial charge in [0.25, 0.3) is 0 Å². The summed E-state index contributed by atoms with van der Waals surface area (Å²) in [5, 5.41) is 2.96. The second kappa shape index (κ2) is 12.3. The van der Waals surface area contributed by atoms with Crippen LogP contribution in [0.5, 0.6) is 0 Å². The van der Waals surface area contributed by atoms with Gasteiger partial charge in [-0.05, 0) is 36.5 Å². The lowest BCUT2D eigenvalue weighted by Crippen LogP contribution is -2.49. The van der Waals surface area contributed by atoms with E-state index < -0.39 is 6.04 Å². The quantitative estimate of drug-likeness (QED) is 0.588. The number of aryl methyl sites for hydroxylation is 1. The second-order valence-corrected chi connectivity index (χ2v) is 8.13. The lowest BCUT2D eigenvalue weighted by atomic mass is 10.1. The standard InChI is InChI=1S/C24H32N2O2S/c1-4-15-25-24(28)22(5-2)26(16-21-14-10-9-11-19(21)3)23(27)18-29-17-20-12-7-6-8-13-20/h6-14,22H,4-5,15-18H2,1-3H3,(H,25,28). The number of thioether (sulfide) groups is 1. The van der Waals surface area contributed by atoms with Crippen LogP contribution in [0.4, 0.5) is 0 Å². The molecule has 1 atom stereocenters. The highest BCUT2D eigenvalue weighted by atomic mass is 32.2. The van der Waals surface area contributed by atoms with Crippen molar-refractivity contribution in [2.75, 3.05) is 12.3 Å². The lowest BCUT2D eigenvalue weighted by molar-refractivity contribution is -0.139. The fourth-order valence-electron chi connectivity index (χ4n) is 3.17. The first-order valence-corrected chi connectivity index (χ1v) is 11.5. The van der Waals surface area contributed by atoms with E-state index in [4.69, 9.17) is 0 Å². The molecule has 1 unspecified atom stereocenters. The van der Waals surface area contributed by atoms with Crippen LogP contribution < -0.4 is 5.32 Å². The SMILES string of the molecule is CCCNC(=O)C(CC)N(Cc1ccccc1C)C(=O)CSCc1ccccc1. The third-order valence-corrected chi connectivity index (χ3v) is 5.86. The molecule has 0 aliphatic rings. The molecule has 5 heteroatoms. The Morgan fingerprint density at radius 3 is 2.38 bits per heavy atom.